The number of rotatable bonds is 2. The predicted octanol–water partition coefficient (Wildman–Crippen LogP) is 0.552. The van der Waals surface area contributed by atoms with Crippen molar-refractivity contribution in [1.29, 1.82) is 0 Å². The summed E-state index contributed by atoms with van der Waals surface area (Å²) in [6.45, 7) is 2.81. The Morgan fingerprint density at radius 2 is 1.38 bits per heavy atom. The van der Waals surface area contributed by atoms with Gasteiger partial charge in [0.1, 0.15) is 11.6 Å². The van der Waals surface area contributed by atoms with Crippen molar-refractivity contribution in [3.8, 4) is 0 Å². The Bertz CT molecular complexity index is 86.6. The Balaban J connectivity index is 0. The van der Waals surface area contributed by atoms with Gasteiger partial charge in [-0.3, -0.25) is 9.59 Å². The molecule has 0 N–H and O–H groups in total. The fourth-order valence-electron chi connectivity index (χ4n) is 0.351. The predicted molar refractivity (Wildman–Crippen MR) is 26.0 cm³/mol. The van der Waals surface area contributed by atoms with Crippen LogP contribution in [0, 0.1) is 0 Å². The molecule has 0 amide bonds. The Labute approximate surface area is 64.2 Å². The molecule has 0 aliphatic heterocycles. The van der Waals surface area contributed by atoms with Gasteiger partial charge in [0.05, 0.1) is 6.42 Å². The van der Waals surface area contributed by atoms with E-state index >= 15 is 0 Å². The van der Waals surface area contributed by atoms with Gasteiger partial charge in [-0.2, -0.15) is 0 Å². The molecule has 0 aliphatic rings. The van der Waals surface area contributed by atoms with Gasteiger partial charge in [-0.1, -0.05) is 0 Å². The van der Waals surface area contributed by atoms with Crippen molar-refractivity contribution < 1.29 is 32.0 Å². The third-order valence-electron chi connectivity index (χ3n) is 0.498. The van der Waals surface area contributed by atoms with Crippen molar-refractivity contribution in [3.63, 3.8) is 0 Å². The molecule has 1 radical (unpaired) electrons. The van der Waals surface area contributed by atoms with E-state index in [2.05, 4.69) is 0 Å². The average molecular weight is 297 g/mol. The topological polar surface area (TPSA) is 34.1 Å². The molecule has 0 rings (SSSR count). The molecule has 0 aromatic heterocycles. The third kappa shape index (κ3) is 9.43. The van der Waals surface area contributed by atoms with E-state index in [0.717, 1.165) is 0 Å². The second-order valence-corrected chi connectivity index (χ2v) is 1.58. The first kappa shape index (κ1) is 11.0. The van der Waals surface area contributed by atoms with Crippen LogP contribution in [0.1, 0.15) is 20.3 Å². The number of hydrogen-bond acceptors (Lipinski definition) is 2. The molecule has 3 heteroatoms. The minimum absolute atomic E-state index is 0. The molecule has 0 atom stereocenters. The zero-order valence-electron chi connectivity index (χ0n) is 4.83. The van der Waals surface area contributed by atoms with Gasteiger partial charge in [0, 0.05) is 22.4 Å². The SMILES string of the molecule is CC(=O)CC(C)=O.[Au]. The van der Waals surface area contributed by atoms with Gasteiger partial charge >= 0.3 is 0 Å². The van der Waals surface area contributed by atoms with Crippen LogP contribution < -0.4 is 0 Å². The van der Waals surface area contributed by atoms with E-state index < -0.39 is 0 Å². The largest absolute Gasteiger partial charge is 0.300 e. The van der Waals surface area contributed by atoms with Gasteiger partial charge in [-0.05, 0) is 13.8 Å². The van der Waals surface area contributed by atoms with Crippen molar-refractivity contribution in [2.24, 2.45) is 0 Å². The van der Waals surface area contributed by atoms with E-state index in [9.17, 15) is 9.59 Å². The van der Waals surface area contributed by atoms with E-state index in [4.69, 9.17) is 0 Å². The van der Waals surface area contributed by atoms with E-state index in [1.165, 1.54) is 13.8 Å². The summed E-state index contributed by atoms with van der Waals surface area (Å²) >= 11 is 0. The van der Waals surface area contributed by atoms with E-state index in [1.807, 2.05) is 0 Å². The van der Waals surface area contributed by atoms with Gasteiger partial charge in [0.15, 0.2) is 0 Å². The molecule has 0 aliphatic carbocycles. The maximum absolute atomic E-state index is 10.0. The maximum Gasteiger partial charge on any atom is 0.137 e. The standard InChI is InChI=1S/C5H8O2.Au/c1-4(6)3-5(2)7;/h3H2,1-2H3;. The molecule has 2 nitrogen and oxygen atoms in total. The van der Waals surface area contributed by atoms with Crippen molar-refractivity contribution in [2.75, 3.05) is 0 Å². The molecular weight excluding hydrogens is 289 g/mol. The van der Waals surface area contributed by atoms with Crippen LogP contribution >= 0.6 is 0 Å². The quantitative estimate of drug-likeness (QED) is 0.551. The minimum Gasteiger partial charge on any atom is -0.300 e. The van der Waals surface area contributed by atoms with Crippen LogP contribution in [0.15, 0.2) is 0 Å². The van der Waals surface area contributed by atoms with Gasteiger partial charge in [0.25, 0.3) is 0 Å². The molecule has 0 fully saturated rings. The molecule has 0 heterocycles. The monoisotopic (exact) mass is 297 g/mol. The van der Waals surface area contributed by atoms with Crippen LogP contribution in [0.4, 0.5) is 0 Å². The summed E-state index contributed by atoms with van der Waals surface area (Å²) in [5.74, 6) is -0.125. The summed E-state index contributed by atoms with van der Waals surface area (Å²) in [5, 5.41) is 0. The third-order valence-corrected chi connectivity index (χ3v) is 0.498. The van der Waals surface area contributed by atoms with Gasteiger partial charge in [-0.25, -0.2) is 0 Å². The number of Topliss-reactive ketones (excluding diaryl/α,β-unsaturated/α-hetero) is 2. The van der Waals surface area contributed by atoms with Crippen molar-refractivity contribution in [2.45, 2.75) is 20.3 Å². The number of ketones is 2. The summed E-state index contributed by atoms with van der Waals surface area (Å²) in [6.07, 6.45) is 0.0833. The van der Waals surface area contributed by atoms with Crippen LogP contribution in [-0.4, -0.2) is 11.6 Å². The minimum atomic E-state index is -0.0625. The van der Waals surface area contributed by atoms with Crippen molar-refractivity contribution in [1.82, 2.24) is 0 Å². The maximum atomic E-state index is 10.0. The number of hydrogen-bond donors (Lipinski definition) is 0. The van der Waals surface area contributed by atoms with Crippen molar-refractivity contribution in [3.05, 3.63) is 0 Å². The van der Waals surface area contributed by atoms with E-state index in [1.54, 1.807) is 0 Å². The molecule has 51 valence electrons. The molecule has 8 heavy (non-hydrogen) atoms. The summed E-state index contributed by atoms with van der Waals surface area (Å²) in [5.41, 5.74) is 0. The molecule has 0 saturated carbocycles. The second kappa shape index (κ2) is 5.22. The Morgan fingerprint density at radius 3 is 1.38 bits per heavy atom. The normalized spacial score (nSPS) is 7.25. The number of carbonyl (C=O) groups is 2. The molecular formula is C5H8AuO2. The number of carbonyl (C=O) groups excluding carboxylic acids is 2. The summed E-state index contributed by atoms with van der Waals surface area (Å²) in [6, 6.07) is 0. The molecule has 0 aromatic carbocycles. The molecule has 0 spiro atoms. The van der Waals surface area contributed by atoms with Crippen LogP contribution in [0.5, 0.6) is 0 Å². The molecule has 0 unspecified atom stereocenters. The van der Waals surface area contributed by atoms with Crippen LogP contribution in [0.2, 0.25) is 0 Å². The Hall–Kier alpha value is 0.0803. The Morgan fingerprint density at radius 1 is 1.12 bits per heavy atom. The first-order valence-electron chi connectivity index (χ1n) is 2.12. The summed E-state index contributed by atoms with van der Waals surface area (Å²) < 4.78 is 0. The van der Waals surface area contributed by atoms with Crippen LogP contribution in [0.3, 0.4) is 0 Å². The molecule has 0 bridgehead atoms. The molecule has 0 aromatic rings. The van der Waals surface area contributed by atoms with Gasteiger partial charge in [0.2, 0.25) is 0 Å². The second-order valence-electron chi connectivity index (χ2n) is 1.58. The summed E-state index contributed by atoms with van der Waals surface area (Å²) in [4.78, 5) is 20.1. The van der Waals surface area contributed by atoms with Gasteiger partial charge < -0.3 is 0 Å². The van der Waals surface area contributed by atoms with Crippen molar-refractivity contribution >= 4 is 11.6 Å². The van der Waals surface area contributed by atoms with E-state index in [0.29, 0.717) is 0 Å². The smallest absolute Gasteiger partial charge is 0.137 e. The first-order valence-corrected chi connectivity index (χ1v) is 2.12. The van der Waals surface area contributed by atoms with E-state index in [-0.39, 0.29) is 40.4 Å². The Kier molecular flexibility index (Phi) is 7.15. The fourth-order valence-corrected chi connectivity index (χ4v) is 0.351. The molecule has 0 saturated heterocycles. The zero-order chi connectivity index (χ0) is 5.86. The zero-order valence-corrected chi connectivity index (χ0v) is 6.99. The first-order chi connectivity index (χ1) is 3.13. The van der Waals surface area contributed by atoms with Crippen LogP contribution in [-0.2, 0) is 32.0 Å². The van der Waals surface area contributed by atoms with Crippen LogP contribution in [0.25, 0.3) is 0 Å². The van der Waals surface area contributed by atoms with Gasteiger partial charge in [-0.15, -0.1) is 0 Å². The summed E-state index contributed by atoms with van der Waals surface area (Å²) in [7, 11) is 0. The average Bonchev–Trinajstić information content (AvgIpc) is 1.27. The fraction of sp³-hybridized carbons (Fsp3) is 0.600.